The fraction of sp³-hybridized carbons (Fsp3) is 0.350. The predicted octanol–water partition coefficient (Wildman–Crippen LogP) is 3.81. The number of amides is 1. The largest absolute Gasteiger partial charge is 0.462 e. The van der Waals surface area contributed by atoms with E-state index in [2.05, 4.69) is 20.4 Å². The molecule has 0 atom stereocenters. The van der Waals surface area contributed by atoms with Crippen molar-refractivity contribution in [1.82, 2.24) is 15.1 Å². The number of nitrogens with zero attached hydrogens (tertiary/aromatic N) is 3. The topological polar surface area (TPSA) is 107 Å². The second-order valence-electron chi connectivity index (χ2n) is 6.19. The van der Waals surface area contributed by atoms with Gasteiger partial charge in [-0.05, 0) is 38.0 Å². The molecule has 3 aromatic heterocycles. The number of carbonyl (C=O) groups is 2. The molecule has 0 spiro atoms. The fourth-order valence-corrected chi connectivity index (χ4v) is 4.03. The first-order chi connectivity index (χ1) is 14.0. The first-order valence-electron chi connectivity index (χ1n) is 9.36. The van der Waals surface area contributed by atoms with Crippen molar-refractivity contribution in [2.24, 2.45) is 0 Å². The maximum Gasteiger partial charge on any atom is 0.341 e. The Bertz CT molecular complexity index is 997. The summed E-state index contributed by atoms with van der Waals surface area (Å²) in [5.74, 6) is 0.0769. The number of anilines is 1. The average Bonchev–Trinajstić information content (AvgIpc) is 3.31. The van der Waals surface area contributed by atoms with E-state index in [9.17, 15) is 9.59 Å². The number of ether oxygens (including phenoxy) is 1. The van der Waals surface area contributed by atoms with Crippen molar-refractivity contribution in [3.05, 3.63) is 46.3 Å². The van der Waals surface area contributed by atoms with Gasteiger partial charge in [0.1, 0.15) is 10.7 Å². The van der Waals surface area contributed by atoms with Gasteiger partial charge in [0.15, 0.2) is 0 Å². The van der Waals surface area contributed by atoms with Crippen LogP contribution in [0.2, 0.25) is 0 Å². The van der Waals surface area contributed by atoms with Crippen LogP contribution in [0.5, 0.6) is 0 Å². The van der Waals surface area contributed by atoms with E-state index in [-0.39, 0.29) is 25.4 Å². The van der Waals surface area contributed by atoms with Gasteiger partial charge in [0.25, 0.3) is 0 Å². The molecule has 0 aromatic carbocycles. The van der Waals surface area contributed by atoms with E-state index in [1.807, 2.05) is 19.9 Å². The number of carbonyl (C=O) groups excluding carboxylic acids is 2. The molecular weight excluding hydrogens is 392 g/mol. The number of esters is 1. The van der Waals surface area contributed by atoms with Crippen molar-refractivity contribution >= 4 is 28.2 Å². The molecule has 152 valence electrons. The molecule has 3 heterocycles. The molecule has 3 aromatic rings. The number of aryl methyl sites for hydroxylation is 2. The second-order valence-corrected chi connectivity index (χ2v) is 7.41. The van der Waals surface area contributed by atoms with Crippen molar-refractivity contribution in [2.45, 2.75) is 40.0 Å². The number of aromatic nitrogens is 3. The Balaban J connectivity index is 1.66. The van der Waals surface area contributed by atoms with E-state index in [0.29, 0.717) is 34.4 Å². The Kier molecular flexibility index (Phi) is 6.71. The fourth-order valence-electron chi connectivity index (χ4n) is 2.88. The molecule has 0 saturated carbocycles. The Morgan fingerprint density at radius 3 is 2.79 bits per heavy atom. The molecule has 0 radical (unpaired) electrons. The molecule has 8 nitrogen and oxygen atoms in total. The van der Waals surface area contributed by atoms with Gasteiger partial charge in [0.05, 0.1) is 12.2 Å². The van der Waals surface area contributed by atoms with Gasteiger partial charge in [-0.2, -0.15) is 4.98 Å². The zero-order valence-corrected chi connectivity index (χ0v) is 17.3. The lowest BCUT2D eigenvalue weighted by Crippen LogP contribution is -2.15. The zero-order valence-electron chi connectivity index (χ0n) is 16.5. The number of hydrogen-bond donors (Lipinski definition) is 1. The van der Waals surface area contributed by atoms with Gasteiger partial charge in [-0.1, -0.05) is 18.1 Å². The Labute approximate surface area is 172 Å². The van der Waals surface area contributed by atoms with Crippen LogP contribution in [0.4, 0.5) is 5.00 Å². The number of thiophene rings is 1. The molecule has 0 aliphatic heterocycles. The highest BCUT2D eigenvalue weighted by atomic mass is 32.1. The second kappa shape index (κ2) is 9.42. The van der Waals surface area contributed by atoms with E-state index in [1.165, 1.54) is 11.3 Å². The molecule has 0 bridgehead atoms. The van der Waals surface area contributed by atoms with E-state index in [4.69, 9.17) is 9.26 Å². The lowest BCUT2D eigenvalue weighted by atomic mass is 10.1. The minimum absolute atomic E-state index is 0.143. The van der Waals surface area contributed by atoms with Crippen LogP contribution in [0, 0.1) is 6.92 Å². The number of pyridine rings is 1. The summed E-state index contributed by atoms with van der Waals surface area (Å²) >= 11 is 1.38. The van der Waals surface area contributed by atoms with Crippen molar-refractivity contribution in [1.29, 1.82) is 0 Å². The summed E-state index contributed by atoms with van der Waals surface area (Å²) in [7, 11) is 0. The monoisotopic (exact) mass is 414 g/mol. The van der Waals surface area contributed by atoms with Gasteiger partial charge >= 0.3 is 5.97 Å². The van der Waals surface area contributed by atoms with Crippen LogP contribution in [0.1, 0.15) is 47.0 Å². The van der Waals surface area contributed by atoms with E-state index < -0.39 is 5.97 Å². The van der Waals surface area contributed by atoms with Crippen LogP contribution >= 0.6 is 11.3 Å². The molecule has 9 heteroatoms. The molecule has 0 saturated heterocycles. The van der Waals surface area contributed by atoms with Gasteiger partial charge in [-0.25, -0.2) is 4.79 Å². The molecule has 0 aliphatic rings. The summed E-state index contributed by atoms with van der Waals surface area (Å²) in [5.41, 5.74) is 1.95. The third-order valence-corrected chi connectivity index (χ3v) is 5.29. The smallest absolute Gasteiger partial charge is 0.341 e. The maximum atomic E-state index is 12.4. The summed E-state index contributed by atoms with van der Waals surface area (Å²) < 4.78 is 10.4. The van der Waals surface area contributed by atoms with Gasteiger partial charge < -0.3 is 14.6 Å². The number of rotatable bonds is 8. The molecule has 1 amide bonds. The standard InChI is InChI=1S/C20H22N4O4S/c1-4-13-12(3)29-19(17(13)20(26)27-5-2)22-15(25)9-10-16-23-18(24-28-16)14-8-6-7-11-21-14/h6-8,11H,4-5,9-10H2,1-3H3,(H,22,25). The number of nitrogens with one attached hydrogen (secondary N) is 1. The van der Waals surface area contributed by atoms with Crippen molar-refractivity contribution < 1.29 is 18.8 Å². The normalized spacial score (nSPS) is 10.7. The Hall–Kier alpha value is -3.07. The van der Waals surface area contributed by atoms with E-state index >= 15 is 0 Å². The predicted molar refractivity (Wildman–Crippen MR) is 109 cm³/mol. The molecule has 29 heavy (non-hydrogen) atoms. The van der Waals surface area contributed by atoms with Gasteiger partial charge in [-0.15, -0.1) is 11.3 Å². The van der Waals surface area contributed by atoms with Crippen LogP contribution in [0.15, 0.2) is 28.9 Å². The van der Waals surface area contributed by atoms with Gasteiger partial charge in [0.2, 0.25) is 17.6 Å². The molecule has 0 unspecified atom stereocenters. The molecule has 1 N–H and O–H groups in total. The molecule has 0 fully saturated rings. The van der Waals surface area contributed by atoms with Crippen molar-refractivity contribution in [3.8, 4) is 11.5 Å². The minimum atomic E-state index is -0.416. The maximum absolute atomic E-state index is 12.4. The van der Waals surface area contributed by atoms with Crippen LogP contribution in [-0.4, -0.2) is 33.6 Å². The van der Waals surface area contributed by atoms with Gasteiger partial charge in [0, 0.05) is 23.9 Å². The molecule has 0 aliphatic carbocycles. The van der Waals surface area contributed by atoms with Crippen LogP contribution in [0.25, 0.3) is 11.5 Å². The highest BCUT2D eigenvalue weighted by molar-refractivity contribution is 7.16. The van der Waals surface area contributed by atoms with Crippen molar-refractivity contribution in [2.75, 3.05) is 11.9 Å². The molecule has 3 rings (SSSR count). The van der Waals surface area contributed by atoms with Crippen molar-refractivity contribution in [3.63, 3.8) is 0 Å². The van der Waals surface area contributed by atoms with Crippen LogP contribution < -0.4 is 5.32 Å². The highest BCUT2D eigenvalue weighted by Gasteiger charge is 2.23. The molecular formula is C20H22N4O4S. The van der Waals surface area contributed by atoms with E-state index in [0.717, 1.165) is 10.4 Å². The minimum Gasteiger partial charge on any atom is -0.462 e. The Morgan fingerprint density at radius 2 is 2.10 bits per heavy atom. The van der Waals surface area contributed by atoms with Crippen LogP contribution in [0.3, 0.4) is 0 Å². The zero-order chi connectivity index (χ0) is 20.8. The Morgan fingerprint density at radius 1 is 1.28 bits per heavy atom. The highest BCUT2D eigenvalue weighted by Crippen LogP contribution is 2.34. The summed E-state index contributed by atoms with van der Waals surface area (Å²) in [4.78, 5) is 34.2. The summed E-state index contributed by atoms with van der Waals surface area (Å²) in [6.45, 7) is 5.93. The summed E-state index contributed by atoms with van der Waals surface area (Å²) in [6, 6.07) is 5.42. The SMILES string of the molecule is CCOC(=O)c1c(NC(=O)CCc2nc(-c3ccccn3)no2)sc(C)c1CC. The lowest BCUT2D eigenvalue weighted by molar-refractivity contribution is -0.116. The third kappa shape index (κ3) is 4.86. The average molecular weight is 414 g/mol. The van der Waals surface area contributed by atoms with Gasteiger partial charge in [-0.3, -0.25) is 9.78 Å². The first kappa shape index (κ1) is 20.7. The van der Waals surface area contributed by atoms with E-state index in [1.54, 1.807) is 25.3 Å². The quantitative estimate of drug-likeness (QED) is 0.558. The number of hydrogen-bond acceptors (Lipinski definition) is 8. The summed E-state index contributed by atoms with van der Waals surface area (Å²) in [5, 5.41) is 7.24. The third-order valence-electron chi connectivity index (χ3n) is 4.22. The lowest BCUT2D eigenvalue weighted by Gasteiger charge is -2.07. The summed E-state index contributed by atoms with van der Waals surface area (Å²) in [6.07, 6.45) is 2.76. The van der Waals surface area contributed by atoms with Crippen LogP contribution in [-0.2, 0) is 22.4 Å². The first-order valence-corrected chi connectivity index (χ1v) is 10.2.